The monoisotopic (exact) mass is 218 g/mol. The first-order valence-corrected chi connectivity index (χ1v) is 6.38. The van der Waals surface area contributed by atoms with Crippen LogP contribution in [0.4, 0.5) is 0 Å². The van der Waals surface area contributed by atoms with Crippen molar-refractivity contribution in [3.63, 3.8) is 0 Å². The van der Waals surface area contributed by atoms with Crippen molar-refractivity contribution in [2.75, 3.05) is 13.1 Å². The maximum atomic E-state index is 5.60. The van der Waals surface area contributed by atoms with Crippen molar-refractivity contribution in [2.45, 2.75) is 38.3 Å². The standard InChI is InChI=1S/C14H22N2/c15-10-5-11-16(14-8-4-9-14)12-13-6-2-1-3-7-13/h1-3,6-7,14H,4-5,8-12,15H2. The van der Waals surface area contributed by atoms with Crippen LogP contribution in [0, 0.1) is 0 Å². The summed E-state index contributed by atoms with van der Waals surface area (Å²) >= 11 is 0. The normalized spacial score (nSPS) is 16.4. The summed E-state index contributed by atoms with van der Waals surface area (Å²) in [7, 11) is 0. The average Bonchev–Trinajstić information content (AvgIpc) is 2.25. The number of hydrogen-bond donors (Lipinski definition) is 1. The van der Waals surface area contributed by atoms with Crippen LogP contribution < -0.4 is 5.73 Å². The second-order valence-corrected chi connectivity index (χ2v) is 4.68. The molecule has 1 aromatic rings. The van der Waals surface area contributed by atoms with E-state index in [-0.39, 0.29) is 0 Å². The highest BCUT2D eigenvalue weighted by Gasteiger charge is 2.24. The van der Waals surface area contributed by atoms with Crippen molar-refractivity contribution < 1.29 is 0 Å². The fourth-order valence-electron chi connectivity index (χ4n) is 2.25. The maximum Gasteiger partial charge on any atom is 0.0236 e. The Bertz CT molecular complexity index is 293. The van der Waals surface area contributed by atoms with Gasteiger partial charge in [-0.2, -0.15) is 0 Å². The fraction of sp³-hybridized carbons (Fsp3) is 0.571. The van der Waals surface area contributed by atoms with Gasteiger partial charge in [0.05, 0.1) is 0 Å². The molecule has 1 aliphatic rings. The summed E-state index contributed by atoms with van der Waals surface area (Å²) < 4.78 is 0. The summed E-state index contributed by atoms with van der Waals surface area (Å²) in [4.78, 5) is 2.60. The van der Waals surface area contributed by atoms with Crippen LogP contribution in [-0.2, 0) is 6.54 Å². The van der Waals surface area contributed by atoms with Gasteiger partial charge in [-0.1, -0.05) is 36.8 Å². The zero-order valence-corrected chi connectivity index (χ0v) is 9.94. The van der Waals surface area contributed by atoms with Crippen molar-refractivity contribution in [1.82, 2.24) is 4.90 Å². The van der Waals surface area contributed by atoms with Gasteiger partial charge < -0.3 is 5.73 Å². The van der Waals surface area contributed by atoms with Crippen LogP contribution in [0.1, 0.15) is 31.2 Å². The Morgan fingerprint density at radius 1 is 1.19 bits per heavy atom. The Kier molecular flexibility index (Phi) is 4.37. The lowest BCUT2D eigenvalue weighted by atomic mass is 9.91. The van der Waals surface area contributed by atoms with Crippen molar-refractivity contribution in [1.29, 1.82) is 0 Å². The molecule has 0 atom stereocenters. The van der Waals surface area contributed by atoms with Gasteiger partial charge in [-0.3, -0.25) is 4.90 Å². The van der Waals surface area contributed by atoms with Crippen molar-refractivity contribution in [3.8, 4) is 0 Å². The van der Waals surface area contributed by atoms with Gasteiger partial charge in [0.15, 0.2) is 0 Å². The predicted molar refractivity (Wildman–Crippen MR) is 68.2 cm³/mol. The Labute approximate surface area is 98.4 Å². The fourth-order valence-corrected chi connectivity index (χ4v) is 2.25. The molecule has 0 bridgehead atoms. The predicted octanol–water partition coefficient (Wildman–Crippen LogP) is 2.39. The van der Waals surface area contributed by atoms with Gasteiger partial charge in [0.1, 0.15) is 0 Å². The topological polar surface area (TPSA) is 29.3 Å². The highest BCUT2D eigenvalue weighted by molar-refractivity contribution is 5.14. The zero-order valence-electron chi connectivity index (χ0n) is 9.94. The molecule has 0 amide bonds. The summed E-state index contributed by atoms with van der Waals surface area (Å²) in [5, 5.41) is 0. The van der Waals surface area contributed by atoms with Crippen molar-refractivity contribution in [2.24, 2.45) is 5.73 Å². The van der Waals surface area contributed by atoms with Crippen molar-refractivity contribution >= 4 is 0 Å². The Hall–Kier alpha value is -0.860. The SMILES string of the molecule is NCCCN(Cc1ccccc1)C1CCC1. The first kappa shape index (κ1) is 11.6. The minimum atomic E-state index is 0.804. The lowest BCUT2D eigenvalue weighted by Gasteiger charge is -2.37. The van der Waals surface area contributed by atoms with E-state index in [9.17, 15) is 0 Å². The van der Waals surface area contributed by atoms with Gasteiger partial charge in [0, 0.05) is 12.6 Å². The molecule has 16 heavy (non-hydrogen) atoms. The third-order valence-corrected chi connectivity index (χ3v) is 3.47. The van der Waals surface area contributed by atoms with Gasteiger partial charge in [0.2, 0.25) is 0 Å². The molecular weight excluding hydrogens is 196 g/mol. The molecule has 0 aromatic heterocycles. The van der Waals surface area contributed by atoms with Crippen molar-refractivity contribution in [3.05, 3.63) is 35.9 Å². The minimum absolute atomic E-state index is 0.804. The molecule has 0 radical (unpaired) electrons. The highest BCUT2D eigenvalue weighted by atomic mass is 15.2. The molecule has 2 N–H and O–H groups in total. The molecule has 1 aromatic carbocycles. The lowest BCUT2D eigenvalue weighted by molar-refractivity contribution is 0.119. The number of nitrogens with zero attached hydrogens (tertiary/aromatic N) is 1. The summed E-state index contributed by atoms with van der Waals surface area (Å²) in [6.07, 6.45) is 5.26. The second-order valence-electron chi connectivity index (χ2n) is 4.68. The molecule has 2 rings (SSSR count). The molecule has 2 nitrogen and oxygen atoms in total. The van der Waals surface area contributed by atoms with E-state index in [0.29, 0.717) is 0 Å². The van der Waals surface area contributed by atoms with Gasteiger partial charge >= 0.3 is 0 Å². The summed E-state index contributed by atoms with van der Waals surface area (Å²) in [5.41, 5.74) is 7.03. The Morgan fingerprint density at radius 2 is 1.94 bits per heavy atom. The summed E-state index contributed by atoms with van der Waals surface area (Å²) in [6, 6.07) is 11.6. The zero-order chi connectivity index (χ0) is 11.2. The molecule has 88 valence electrons. The molecule has 0 unspecified atom stereocenters. The second kappa shape index (κ2) is 6.02. The molecule has 1 aliphatic carbocycles. The van der Waals surface area contributed by atoms with Gasteiger partial charge in [-0.05, 0) is 37.9 Å². The van der Waals surface area contributed by atoms with Crippen LogP contribution in [-0.4, -0.2) is 24.0 Å². The van der Waals surface area contributed by atoms with E-state index < -0.39 is 0 Å². The molecule has 0 saturated heterocycles. The summed E-state index contributed by atoms with van der Waals surface area (Å²) in [6.45, 7) is 3.04. The van der Waals surface area contributed by atoms with Crippen LogP contribution in [0.5, 0.6) is 0 Å². The van der Waals surface area contributed by atoms with Crippen LogP contribution in [0.25, 0.3) is 0 Å². The number of nitrogens with two attached hydrogens (primary N) is 1. The smallest absolute Gasteiger partial charge is 0.0236 e. The van der Waals surface area contributed by atoms with Crippen LogP contribution in [0.3, 0.4) is 0 Å². The minimum Gasteiger partial charge on any atom is -0.330 e. The van der Waals surface area contributed by atoms with E-state index >= 15 is 0 Å². The first-order chi connectivity index (χ1) is 7.90. The van der Waals surface area contributed by atoms with E-state index in [1.54, 1.807) is 0 Å². The third kappa shape index (κ3) is 3.06. The van der Waals surface area contributed by atoms with E-state index in [1.807, 2.05) is 0 Å². The average molecular weight is 218 g/mol. The van der Waals surface area contributed by atoms with E-state index in [2.05, 4.69) is 35.2 Å². The number of benzene rings is 1. The Morgan fingerprint density at radius 3 is 2.50 bits per heavy atom. The first-order valence-electron chi connectivity index (χ1n) is 6.38. The molecule has 0 heterocycles. The maximum absolute atomic E-state index is 5.60. The third-order valence-electron chi connectivity index (χ3n) is 3.47. The highest BCUT2D eigenvalue weighted by Crippen LogP contribution is 2.26. The van der Waals surface area contributed by atoms with Crippen LogP contribution >= 0.6 is 0 Å². The number of rotatable bonds is 6. The van der Waals surface area contributed by atoms with Gasteiger partial charge in [0.25, 0.3) is 0 Å². The number of hydrogen-bond acceptors (Lipinski definition) is 2. The van der Waals surface area contributed by atoms with E-state index in [0.717, 1.165) is 32.1 Å². The largest absolute Gasteiger partial charge is 0.330 e. The van der Waals surface area contributed by atoms with E-state index in [1.165, 1.54) is 24.8 Å². The molecule has 0 aliphatic heterocycles. The van der Waals surface area contributed by atoms with E-state index in [4.69, 9.17) is 5.73 Å². The van der Waals surface area contributed by atoms with Gasteiger partial charge in [-0.25, -0.2) is 0 Å². The van der Waals surface area contributed by atoms with Gasteiger partial charge in [-0.15, -0.1) is 0 Å². The van der Waals surface area contributed by atoms with Crippen LogP contribution in [0.2, 0.25) is 0 Å². The quantitative estimate of drug-likeness (QED) is 0.794. The molecule has 2 heteroatoms. The molecule has 0 spiro atoms. The Balaban J connectivity index is 1.90. The summed E-state index contributed by atoms with van der Waals surface area (Å²) in [5.74, 6) is 0. The van der Waals surface area contributed by atoms with Crippen LogP contribution in [0.15, 0.2) is 30.3 Å². The molecule has 1 fully saturated rings. The molecule has 1 saturated carbocycles. The lowest BCUT2D eigenvalue weighted by Crippen LogP contribution is -2.40. The molecular formula is C14H22N2.